The van der Waals surface area contributed by atoms with Crippen molar-refractivity contribution in [2.75, 3.05) is 4.90 Å². The first-order valence-corrected chi connectivity index (χ1v) is 11.3. The second-order valence-electron chi connectivity index (χ2n) is 8.36. The van der Waals surface area contributed by atoms with Crippen LogP contribution in [-0.4, -0.2) is 4.98 Å². The number of pyridine rings is 1. The van der Waals surface area contributed by atoms with Gasteiger partial charge in [0.2, 0.25) is 0 Å². The summed E-state index contributed by atoms with van der Waals surface area (Å²) in [6.07, 6.45) is 10.9. The molecule has 1 aliphatic carbocycles. The maximum Gasteiger partial charge on any atom is 0.151 e. The topological polar surface area (TPSA) is 49.2 Å². The molecule has 4 heteroatoms. The minimum atomic E-state index is 0.145. The molecule has 0 amide bonds. The lowest BCUT2D eigenvalue weighted by atomic mass is 9.86. The van der Waals surface area contributed by atoms with Crippen LogP contribution >= 0.6 is 0 Å². The Morgan fingerprint density at radius 1 is 0.912 bits per heavy atom. The highest BCUT2D eigenvalue weighted by atomic mass is 16.5. The quantitative estimate of drug-likeness (QED) is 0.290. The molecule has 0 bridgehead atoms. The number of ether oxygens (including phenoxy) is 1. The standard InChI is InChI=1S/C30H21N3O/c31-19-24-20-32-16-15-26(24)23-9-5-7-21(17-23)22-8-6-10-25(18-22)33-27-11-1-3-13-29(27)34-30-14-4-2-12-28(30)33/h1-8,10-18,20,23H,9H2. The molecule has 2 aliphatic rings. The average molecular weight is 440 g/mol. The molecule has 3 aromatic carbocycles. The Balaban J connectivity index is 1.43. The lowest BCUT2D eigenvalue weighted by Crippen LogP contribution is -2.15. The first kappa shape index (κ1) is 20.0. The van der Waals surface area contributed by atoms with Crippen molar-refractivity contribution in [3.05, 3.63) is 126 Å². The third-order valence-corrected chi connectivity index (χ3v) is 6.31. The number of nitriles is 1. The van der Waals surface area contributed by atoms with Gasteiger partial charge in [0.15, 0.2) is 11.5 Å². The van der Waals surface area contributed by atoms with Crippen LogP contribution in [0.3, 0.4) is 0 Å². The summed E-state index contributed by atoms with van der Waals surface area (Å²) in [5.74, 6) is 1.82. The molecular weight excluding hydrogens is 418 g/mol. The van der Waals surface area contributed by atoms with Gasteiger partial charge in [-0.3, -0.25) is 4.98 Å². The van der Waals surface area contributed by atoms with Crippen LogP contribution in [0.1, 0.15) is 29.0 Å². The van der Waals surface area contributed by atoms with Crippen molar-refractivity contribution in [2.24, 2.45) is 0 Å². The van der Waals surface area contributed by atoms with Crippen LogP contribution < -0.4 is 9.64 Å². The molecule has 6 rings (SSSR count). The Morgan fingerprint density at radius 2 is 1.68 bits per heavy atom. The Kier molecular flexibility index (Phi) is 4.94. The van der Waals surface area contributed by atoms with E-state index in [1.807, 2.05) is 42.5 Å². The van der Waals surface area contributed by atoms with Gasteiger partial charge in [0, 0.05) is 24.0 Å². The SMILES string of the molecule is N#Cc1cnccc1C1C=C(c2cccc(N3c4ccccc4Oc4ccccc43)c2)C=CC1. The van der Waals surface area contributed by atoms with E-state index in [1.54, 1.807) is 12.4 Å². The fraction of sp³-hybridized carbons (Fsp3) is 0.0667. The molecule has 0 radical (unpaired) electrons. The van der Waals surface area contributed by atoms with E-state index in [0.29, 0.717) is 5.56 Å². The van der Waals surface area contributed by atoms with Crippen LogP contribution in [0.25, 0.3) is 5.57 Å². The molecule has 4 nitrogen and oxygen atoms in total. The number of rotatable bonds is 3. The van der Waals surface area contributed by atoms with Gasteiger partial charge in [-0.1, -0.05) is 54.6 Å². The van der Waals surface area contributed by atoms with Gasteiger partial charge in [0.1, 0.15) is 6.07 Å². The van der Waals surface area contributed by atoms with Gasteiger partial charge in [-0.05, 0) is 65.6 Å². The Bertz CT molecular complexity index is 1450. The lowest BCUT2D eigenvalue weighted by molar-refractivity contribution is 0.477. The van der Waals surface area contributed by atoms with Gasteiger partial charge in [0.05, 0.1) is 16.9 Å². The van der Waals surface area contributed by atoms with E-state index in [2.05, 4.69) is 70.6 Å². The summed E-state index contributed by atoms with van der Waals surface area (Å²) in [5, 5.41) is 9.53. The van der Waals surface area contributed by atoms with Crippen molar-refractivity contribution < 1.29 is 4.74 Å². The molecule has 1 aromatic heterocycles. The van der Waals surface area contributed by atoms with Crippen molar-refractivity contribution in [1.29, 1.82) is 5.26 Å². The van der Waals surface area contributed by atoms with Gasteiger partial charge >= 0.3 is 0 Å². The smallest absolute Gasteiger partial charge is 0.151 e. The monoisotopic (exact) mass is 439 g/mol. The molecule has 1 aliphatic heterocycles. The normalized spacial score (nSPS) is 16.0. The second-order valence-corrected chi connectivity index (χ2v) is 8.36. The predicted molar refractivity (Wildman–Crippen MR) is 135 cm³/mol. The number of para-hydroxylation sites is 4. The zero-order chi connectivity index (χ0) is 22.9. The highest BCUT2D eigenvalue weighted by molar-refractivity contribution is 5.88. The summed E-state index contributed by atoms with van der Waals surface area (Å²) >= 11 is 0. The number of nitrogens with zero attached hydrogens (tertiary/aromatic N) is 3. The highest BCUT2D eigenvalue weighted by Crippen LogP contribution is 2.50. The van der Waals surface area contributed by atoms with Crippen molar-refractivity contribution in [3.63, 3.8) is 0 Å². The van der Waals surface area contributed by atoms with E-state index < -0.39 is 0 Å². The Hall–Kier alpha value is -4.62. The maximum atomic E-state index is 9.53. The summed E-state index contributed by atoms with van der Waals surface area (Å²) in [4.78, 5) is 6.36. The Morgan fingerprint density at radius 3 is 2.44 bits per heavy atom. The molecule has 1 atom stereocenters. The third kappa shape index (κ3) is 3.44. The lowest BCUT2D eigenvalue weighted by Gasteiger charge is -2.33. The van der Waals surface area contributed by atoms with Gasteiger partial charge in [-0.15, -0.1) is 0 Å². The summed E-state index contributed by atoms with van der Waals surface area (Å²) in [6, 6.07) is 29.0. The van der Waals surface area contributed by atoms with E-state index in [0.717, 1.165) is 51.7 Å². The molecule has 4 aromatic rings. The van der Waals surface area contributed by atoms with Crippen LogP contribution in [0.2, 0.25) is 0 Å². The summed E-state index contributed by atoms with van der Waals surface area (Å²) in [6.45, 7) is 0. The van der Waals surface area contributed by atoms with E-state index in [9.17, 15) is 5.26 Å². The van der Waals surface area contributed by atoms with Crippen LogP contribution in [0, 0.1) is 11.3 Å². The van der Waals surface area contributed by atoms with Crippen molar-refractivity contribution in [1.82, 2.24) is 4.98 Å². The summed E-state index contributed by atoms with van der Waals surface area (Å²) in [7, 11) is 0. The van der Waals surface area contributed by atoms with Gasteiger partial charge < -0.3 is 9.64 Å². The summed E-state index contributed by atoms with van der Waals surface area (Å²) < 4.78 is 6.16. The Labute approximate surface area is 198 Å². The third-order valence-electron chi connectivity index (χ3n) is 6.31. The summed E-state index contributed by atoms with van der Waals surface area (Å²) in [5.41, 5.74) is 7.03. The maximum absolute atomic E-state index is 9.53. The molecule has 1 unspecified atom stereocenters. The number of hydrogen-bond acceptors (Lipinski definition) is 4. The molecule has 34 heavy (non-hydrogen) atoms. The highest BCUT2D eigenvalue weighted by Gasteiger charge is 2.25. The van der Waals surface area contributed by atoms with Crippen LogP contribution in [0.5, 0.6) is 11.5 Å². The molecule has 162 valence electrons. The second kappa shape index (κ2) is 8.38. The van der Waals surface area contributed by atoms with Gasteiger partial charge in [0.25, 0.3) is 0 Å². The first-order valence-electron chi connectivity index (χ1n) is 11.3. The molecule has 0 spiro atoms. The average Bonchev–Trinajstić information content (AvgIpc) is 2.91. The molecular formula is C30H21N3O. The van der Waals surface area contributed by atoms with E-state index in [4.69, 9.17) is 4.74 Å². The number of anilines is 3. The van der Waals surface area contributed by atoms with Crippen LogP contribution in [0.15, 0.2) is 109 Å². The van der Waals surface area contributed by atoms with Crippen LogP contribution in [0.4, 0.5) is 17.1 Å². The molecule has 0 N–H and O–H groups in total. The van der Waals surface area contributed by atoms with E-state index >= 15 is 0 Å². The van der Waals surface area contributed by atoms with Gasteiger partial charge in [-0.25, -0.2) is 0 Å². The van der Waals surface area contributed by atoms with Gasteiger partial charge in [-0.2, -0.15) is 5.26 Å². The van der Waals surface area contributed by atoms with Crippen molar-refractivity contribution in [2.45, 2.75) is 12.3 Å². The molecule has 0 fully saturated rings. The number of hydrogen-bond donors (Lipinski definition) is 0. The van der Waals surface area contributed by atoms with Crippen molar-refractivity contribution in [3.8, 4) is 17.6 Å². The number of benzene rings is 3. The minimum absolute atomic E-state index is 0.145. The molecule has 0 saturated heterocycles. The largest absolute Gasteiger partial charge is 0.453 e. The zero-order valence-electron chi connectivity index (χ0n) is 18.4. The number of allylic oxidation sites excluding steroid dienone is 4. The molecule has 0 saturated carbocycles. The predicted octanol–water partition coefficient (Wildman–Crippen LogP) is 7.66. The number of fused-ring (bicyclic) bond motifs is 2. The number of aromatic nitrogens is 1. The zero-order valence-corrected chi connectivity index (χ0v) is 18.4. The van der Waals surface area contributed by atoms with Crippen LogP contribution in [-0.2, 0) is 0 Å². The minimum Gasteiger partial charge on any atom is -0.453 e. The first-order chi connectivity index (χ1) is 16.8. The fourth-order valence-electron chi connectivity index (χ4n) is 4.72. The van der Waals surface area contributed by atoms with E-state index in [1.165, 1.54) is 0 Å². The van der Waals surface area contributed by atoms with E-state index in [-0.39, 0.29) is 5.92 Å². The van der Waals surface area contributed by atoms with Crippen molar-refractivity contribution >= 4 is 22.6 Å². The molecule has 2 heterocycles. The fourth-order valence-corrected chi connectivity index (χ4v) is 4.72.